The van der Waals surface area contributed by atoms with Crippen LogP contribution in [-0.2, 0) is 23.1 Å². The Morgan fingerprint density at radius 2 is 1.54 bits per heavy atom. The van der Waals surface area contributed by atoms with E-state index in [4.69, 9.17) is 18.3 Å². The molecule has 0 bridgehead atoms. The molecule has 0 aromatic heterocycles. The third-order valence-electron chi connectivity index (χ3n) is 10.6. The SMILES string of the molecule is CC[Si](CC)(CC)O[C@H]1[C@H](C)[C@H](OC(=O)c2ccccc2)[C@@H]2[C@@H]1C=C(C)[C@@H](CO[Si](C)(C)C(C)(C)C)[C@H]2C(=O)OC. The molecule has 1 aromatic carbocycles. The highest BCUT2D eigenvalue weighted by Crippen LogP contribution is 2.53. The predicted molar refractivity (Wildman–Crippen MR) is 170 cm³/mol. The molecule has 0 aliphatic heterocycles. The van der Waals surface area contributed by atoms with Crippen LogP contribution in [0.2, 0.25) is 36.3 Å². The maximum atomic E-state index is 13.7. The van der Waals surface area contributed by atoms with Crippen molar-refractivity contribution in [2.45, 2.75) is 104 Å². The Morgan fingerprint density at radius 1 is 0.951 bits per heavy atom. The zero-order valence-corrected chi connectivity index (χ0v) is 29.3. The van der Waals surface area contributed by atoms with Crippen molar-refractivity contribution < 1.29 is 27.9 Å². The Hall–Kier alpha value is -1.75. The van der Waals surface area contributed by atoms with Gasteiger partial charge < -0.3 is 18.3 Å². The monoisotopic (exact) mass is 602 g/mol. The standard InChI is InChI=1S/C33H54O6Si2/c1-12-41(13-2,14-3)39-29-23(5)30(38-31(34)24-18-16-15-17-19-24)27-25(29)20-22(4)26(28(27)32(35)36-9)21-37-40(10,11)33(6,7)8/h15-20,23,25-30H,12-14,21H2,1-11H3/t23-,25-,26+,27+,28+,29-,30-/m0/s1. The molecule has 0 radical (unpaired) electrons. The van der Waals surface area contributed by atoms with E-state index in [0.29, 0.717) is 12.2 Å². The average Bonchev–Trinajstić information content (AvgIpc) is 3.18. The van der Waals surface area contributed by atoms with Gasteiger partial charge in [-0.05, 0) is 55.3 Å². The fourth-order valence-electron chi connectivity index (χ4n) is 6.59. The van der Waals surface area contributed by atoms with Gasteiger partial charge in [0.05, 0.1) is 24.7 Å². The largest absolute Gasteiger partial charge is 0.469 e. The number of ether oxygens (including phenoxy) is 2. The van der Waals surface area contributed by atoms with Crippen LogP contribution in [0.25, 0.3) is 0 Å². The van der Waals surface area contributed by atoms with Gasteiger partial charge in [-0.15, -0.1) is 0 Å². The fourth-order valence-corrected chi connectivity index (χ4v) is 10.6. The van der Waals surface area contributed by atoms with Crippen LogP contribution in [0.5, 0.6) is 0 Å². The van der Waals surface area contributed by atoms with E-state index in [1.165, 1.54) is 7.11 Å². The van der Waals surface area contributed by atoms with Crippen LogP contribution in [0.15, 0.2) is 42.0 Å². The summed E-state index contributed by atoms with van der Waals surface area (Å²) < 4.78 is 25.7. The van der Waals surface area contributed by atoms with Gasteiger partial charge in [-0.25, -0.2) is 4.79 Å². The molecule has 1 aromatic rings. The maximum absolute atomic E-state index is 13.7. The summed E-state index contributed by atoms with van der Waals surface area (Å²) in [4.78, 5) is 27.1. The molecule has 1 saturated carbocycles. The lowest BCUT2D eigenvalue weighted by Gasteiger charge is -2.43. The number of benzene rings is 1. The number of fused-ring (bicyclic) bond motifs is 1. The first-order valence-corrected chi connectivity index (χ1v) is 20.9. The number of methoxy groups -OCH3 is 1. The lowest BCUT2D eigenvalue weighted by molar-refractivity contribution is -0.153. The molecule has 3 rings (SSSR count). The van der Waals surface area contributed by atoms with Gasteiger partial charge in [0.2, 0.25) is 0 Å². The number of carbonyl (C=O) groups excluding carboxylic acids is 2. The van der Waals surface area contributed by atoms with Crippen molar-refractivity contribution in [1.82, 2.24) is 0 Å². The summed E-state index contributed by atoms with van der Waals surface area (Å²) in [6.07, 6.45) is 1.68. The third-order valence-corrected chi connectivity index (χ3v) is 19.7. The van der Waals surface area contributed by atoms with Crippen LogP contribution in [-0.4, -0.2) is 54.5 Å². The summed E-state index contributed by atoms with van der Waals surface area (Å²) in [5, 5.41) is 0.0472. The number of rotatable bonds is 11. The Labute approximate surface area is 250 Å². The van der Waals surface area contributed by atoms with E-state index >= 15 is 0 Å². The van der Waals surface area contributed by atoms with Crippen molar-refractivity contribution >= 4 is 28.6 Å². The normalized spacial score (nSPS) is 28.6. The lowest BCUT2D eigenvalue weighted by atomic mass is 9.68. The Morgan fingerprint density at radius 3 is 2.05 bits per heavy atom. The molecule has 2 aliphatic carbocycles. The van der Waals surface area contributed by atoms with Gasteiger partial charge in [0.25, 0.3) is 0 Å². The topological polar surface area (TPSA) is 71.1 Å². The highest BCUT2D eigenvalue weighted by atomic mass is 28.4. The second-order valence-electron chi connectivity index (χ2n) is 13.7. The van der Waals surface area contributed by atoms with E-state index in [1.54, 1.807) is 12.1 Å². The molecule has 0 amide bonds. The number of esters is 2. The third kappa shape index (κ3) is 6.92. The molecule has 230 valence electrons. The fraction of sp³-hybridized carbons (Fsp3) is 0.697. The van der Waals surface area contributed by atoms with E-state index in [9.17, 15) is 9.59 Å². The van der Waals surface area contributed by atoms with Gasteiger partial charge in [0.1, 0.15) is 6.10 Å². The second kappa shape index (κ2) is 13.3. The van der Waals surface area contributed by atoms with Gasteiger partial charge in [0.15, 0.2) is 16.6 Å². The molecule has 7 atom stereocenters. The molecule has 1 fully saturated rings. The molecule has 0 unspecified atom stereocenters. The van der Waals surface area contributed by atoms with Crippen LogP contribution in [0.1, 0.15) is 65.7 Å². The maximum Gasteiger partial charge on any atom is 0.338 e. The smallest absolute Gasteiger partial charge is 0.338 e. The molecule has 0 saturated heterocycles. The molecular weight excluding hydrogens is 549 g/mol. The van der Waals surface area contributed by atoms with Crippen molar-refractivity contribution in [3.8, 4) is 0 Å². The number of carbonyl (C=O) groups is 2. The van der Waals surface area contributed by atoms with Crippen molar-refractivity contribution in [1.29, 1.82) is 0 Å². The van der Waals surface area contributed by atoms with Crippen LogP contribution < -0.4 is 0 Å². The zero-order valence-electron chi connectivity index (χ0n) is 27.3. The highest BCUT2D eigenvalue weighted by Gasteiger charge is 2.60. The zero-order chi connectivity index (χ0) is 30.8. The Balaban J connectivity index is 2.09. The van der Waals surface area contributed by atoms with E-state index in [-0.39, 0.29) is 46.8 Å². The molecule has 0 heterocycles. The minimum absolute atomic E-state index is 0.0472. The van der Waals surface area contributed by atoms with Crippen LogP contribution in [0, 0.1) is 29.6 Å². The Bertz CT molecular complexity index is 1070. The molecular formula is C33H54O6Si2. The summed E-state index contributed by atoms with van der Waals surface area (Å²) in [5.41, 5.74) is 1.64. The van der Waals surface area contributed by atoms with E-state index in [0.717, 1.165) is 23.7 Å². The summed E-state index contributed by atoms with van der Waals surface area (Å²) in [7, 11) is -2.61. The first-order chi connectivity index (χ1) is 19.2. The van der Waals surface area contributed by atoms with Gasteiger partial charge in [-0.2, -0.15) is 0 Å². The van der Waals surface area contributed by atoms with E-state index in [1.807, 2.05) is 18.2 Å². The molecule has 0 N–H and O–H groups in total. The van der Waals surface area contributed by atoms with Gasteiger partial charge in [-0.3, -0.25) is 4.79 Å². The molecule has 41 heavy (non-hydrogen) atoms. The van der Waals surface area contributed by atoms with E-state index < -0.39 is 28.7 Å². The molecule has 6 nitrogen and oxygen atoms in total. The summed E-state index contributed by atoms with van der Waals surface area (Å²) in [6, 6.07) is 12.2. The summed E-state index contributed by atoms with van der Waals surface area (Å²) in [5.74, 6) is -1.68. The number of hydrogen-bond donors (Lipinski definition) is 0. The van der Waals surface area contributed by atoms with Crippen LogP contribution in [0.3, 0.4) is 0 Å². The minimum atomic E-state index is -2.07. The van der Waals surface area contributed by atoms with Crippen LogP contribution >= 0.6 is 0 Å². The van der Waals surface area contributed by atoms with Crippen molar-refractivity contribution in [3.63, 3.8) is 0 Å². The molecule has 2 aliphatic rings. The average molecular weight is 603 g/mol. The quantitative estimate of drug-likeness (QED) is 0.146. The minimum Gasteiger partial charge on any atom is -0.469 e. The highest BCUT2D eigenvalue weighted by molar-refractivity contribution is 6.74. The van der Waals surface area contributed by atoms with Gasteiger partial charge in [0, 0.05) is 30.3 Å². The molecule has 8 heteroatoms. The van der Waals surface area contributed by atoms with E-state index in [2.05, 4.69) is 74.6 Å². The predicted octanol–water partition coefficient (Wildman–Crippen LogP) is 7.87. The molecule has 0 spiro atoms. The Kier molecular flexibility index (Phi) is 10.9. The summed E-state index contributed by atoms with van der Waals surface area (Å²) in [6.45, 7) is 22.5. The van der Waals surface area contributed by atoms with Crippen molar-refractivity contribution in [3.05, 3.63) is 47.5 Å². The lowest BCUT2D eigenvalue weighted by Crippen LogP contribution is -2.48. The summed E-state index contributed by atoms with van der Waals surface area (Å²) >= 11 is 0. The van der Waals surface area contributed by atoms with Crippen LogP contribution in [0.4, 0.5) is 0 Å². The van der Waals surface area contributed by atoms with Gasteiger partial charge in [-0.1, -0.05) is 78.3 Å². The first kappa shape index (κ1) is 33.8. The van der Waals surface area contributed by atoms with Gasteiger partial charge >= 0.3 is 11.9 Å². The second-order valence-corrected chi connectivity index (χ2v) is 23.2. The van der Waals surface area contributed by atoms with Crippen molar-refractivity contribution in [2.75, 3.05) is 13.7 Å². The number of hydrogen-bond acceptors (Lipinski definition) is 6. The first-order valence-electron chi connectivity index (χ1n) is 15.5. The van der Waals surface area contributed by atoms with Crippen molar-refractivity contribution in [2.24, 2.45) is 29.6 Å².